The smallest absolute Gasteiger partial charge is 0.225 e. The molecule has 0 aliphatic rings. The molecule has 1 aromatic rings. The van der Waals surface area contributed by atoms with Gasteiger partial charge in [0.2, 0.25) is 5.91 Å². The van der Waals surface area contributed by atoms with Gasteiger partial charge in [-0.2, -0.15) is 0 Å². The summed E-state index contributed by atoms with van der Waals surface area (Å²) in [6, 6.07) is 1.81. The SMILES string of the molecule is CCC(C)(C)C(=O)NCc1ccnc(C)n1. The number of carbonyl (C=O) groups excluding carboxylic acids is 1. The predicted octanol–water partition coefficient (Wildman–Crippen LogP) is 1.84. The lowest BCUT2D eigenvalue weighted by Gasteiger charge is -2.21. The molecule has 0 unspecified atom stereocenters. The number of hydrogen-bond donors (Lipinski definition) is 1. The lowest BCUT2D eigenvalue weighted by atomic mass is 9.89. The van der Waals surface area contributed by atoms with Crippen molar-refractivity contribution in [3.8, 4) is 0 Å². The third-order valence-corrected chi connectivity index (χ3v) is 2.76. The van der Waals surface area contributed by atoms with Crippen molar-refractivity contribution >= 4 is 5.91 Å². The van der Waals surface area contributed by atoms with E-state index < -0.39 is 0 Å². The highest BCUT2D eigenvalue weighted by atomic mass is 16.2. The molecule has 4 nitrogen and oxygen atoms in total. The van der Waals surface area contributed by atoms with Crippen LogP contribution < -0.4 is 5.32 Å². The minimum atomic E-state index is -0.317. The van der Waals surface area contributed by atoms with E-state index in [2.05, 4.69) is 15.3 Å². The van der Waals surface area contributed by atoms with Crippen molar-refractivity contribution in [2.24, 2.45) is 5.41 Å². The predicted molar refractivity (Wildman–Crippen MR) is 62.7 cm³/mol. The molecule has 1 rings (SSSR count). The minimum Gasteiger partial charge on any atom is -0.350 e. The number of hydrogen-bond acceptors (Lipinski definition) is 3. The van der Waals surface area contributed by atoms with Crippen LogP contribution in [0.1, 0.15) is 38.7 Å². The first-order chi connectivity index (χ1) is 7.45. The lowest BCUT2D eigenvalue weighted by Crippen LogP contribution is -2.36. The Morgan fingerprint density at radius 2 is 2.19 bits per heavy atom. The third kappa shape index (κ3) is 3.29. The van der Waals surface area contributed by atoms with E-state index in [4.69, 9.17) is 0 Å². The monoisotopic (exact) mass is 221 g/mol. The van der Waals surface area contributed by atoms with Crippen LogP contribution in [0, 0.1) is 12.3 Å². The molecule has 0 fully saturated rings. The minimum absolute atomic E-state index is 0.0614. The summed E-state index contributed by atoms with van der Waals surface area (Å²) < 4.78 is 0. The van der Waals surface area contributed by atoms with Crippen molar-refractivity contribution < 1.29 is 4.79 Å². The molecule has 0 radical (unpaired) electrons. The summed E-state index contributed by atoms with van der Waals surface area (Å²) in [5.74, 6) is 0.785. The van der Waals surface area contributed by atoms with Gasteiger partial charge in [-0.15, -0.1) is 0 Å². The zero-order chi connectivity index (χ0) is 12.2. The van der Waals surface area contributed by atoms with Crippen molar-refractivity contribution in [2.45, 2.75) is 40.7 Å². The molecular formula is C12H19N3O. The molecule has 0 aromatic carbocycles. The summed E-state index contributed by atoms with van der Waals surface area (Å²) in [6.45, 7) is 8.18. The largest absolute Gasteiger partial charge is 0.350 e. The molecule has 1 heterocycles. The second-order valence-corrected chi connectivity index (χ2v) is 4.52. The highest BCUT2D eigenvalue weighted by Gasteiger charge is 2.24. The molecule has 4 heteroatoms. The quantitative estimate of drug-likeness (QED) is 0.844. The van der Waals surface area contributed by atoms with Crippen molar-refractivity contribution in [3.63, 3.8) is 0 Å². The molecule has 1 amide bonds. The number of amides is 1. The molecule has 1 N–H and O–H groups in total. The fourth-order valence-corrected chi connectivity index (χ4v) is 1.17. The maximum atomic E-state index is 11.8. The van der Waals surface area contributed by atoms with Crippen molar-refractivity contribution in [1.82, 2.24) is 15.3 Å². The third-order valence-electron chi connectivity index (χ3n) is 2.76. The van der Waals surface area contributed by atoms with Gasteiger partial charge in [0, 0.05) is 11.6 Å². The van der Waals surface area contributed by atoms with E-state index in [0.717, 1.165) is 17.9 Å². The van der Waals surface area contributed by atoms with Crippen LogP contribution in [0.4, 0.5) is 0 Å². The maximum Gasteiger partial charge on any atom is 0.225 e. The highest BCUT2D eigenvalue weighted by Crippen LogP contribution is 2.19. The first kappa shape index (κ1) is 12.6. The van der Waals surface area contributed by atoms with E-state index in [1.165, 1.54) is 0 Å². The second-order valence-electron chi connectivity index (χ2n) is 4.52. The van der Waals surface area contributed by atoms with Gasteiger partial charge in [0.15, 0.2) is 0 Å². The van der Waals surface area contributed by atoms with Gasteiger partial charge < -0.3 is 5.32 Å². The van der Waals surface area contributed by atoms with Crippen molar-refractivity contribution in [3.05, 3.63) is 23.8 Å². The van der Waals surface area contributed by atoms with E-state index in [1.807, 2.05) is 33.8 Å². The molecular weight excluding hydrogens is 202 g/mol. The number of rotatable bonds is 4. The summed E-state index contributed by atoms with van der Waals surface area (Å²) in [5.41, 5.74) is 0.523. The Bertz CT molecular complexity index is 374. The summed E-state index contributed by atoms with van der Waals surface area (Å²) in [4.78, 5) is 20.0. The Balaban J connectivity index is 2.56. The maximum absolute atomic E-state index is 11.8. The van der Waals surface area contributed by atoms with Gasteiger partial charge in [0.25, 0.3) is 0 Å². The number of nitrogens with zero attached hydrogens (tertiary/aromatic N) is 2. The Morgan fingerprint density at radius 1 is 1.50 bits per heavy atom. The summed E-state index contributed by atoms with van der Waals surface area (Å²) in [6.07, 6.45) is 2.52. The van der Waals surface area contributed by atoms with Crippen LogP contribution in [-0.2, 0) is 11.3 Å². The normalized spacial score (nSPS) is 11.2. The first-order valence-electron chi connectivity index (χ1n) is 5.52. The molecule has 1 aromatic heterocycles. The molecule has 0 saturated carbocycles. The zero-order valence-electron chi connectivity index (χ0n) is 10.4. The highest BCUT2D eigenvalue weighted by molar-refractivity contribution is 5.81. The summed E-state index contributed by atoms with van der Waals surface area (Å²) in [7, 11) is 0. The first-order valence-corrected chi connectivity index (χ1v) is 5.52. The molecule has 0 aliphatic heterocycles. The van der Waals surface area contributed by atoms with Gasteiger partial charge in [-0.3, -0.25) is 4.79 Å². The molecule has 0 saturated heterocycles. The molecule has 16 heavy (non-hydrogen) atoms. The average molecular weight is 221 g/mol. The second kappa shape index (κ2) is 5.05. The van der Waals surface area contributed by atoms with E-state index in [-0.39, 0.29) is 11.3 Å². The van der Waals surface area contributed by atoms with Crippen LogP contribution in [0.2, 0.25) is 0 Å². The number of nitrogens with one attached hydrogen (secondary N) is 1. The Kier molecular flexibility index (Phi) is 3.99. The standard InChI is InChI=1S/C12H19N3O/c1-5-12(3,4)11(16)14-8-10-6-7-13-9(2)15-10/h6-7H,5,8H2,1-4H3,(H,14,16). The molecule has 0 atom stereocenters. The molecule has 88 valence electrons. The number of aryl methyl sites for hydroxylation is 1. The van der Waals surface area contributed by atoms with Gasteiger partial charge in [-0.1, -0.05) is 20.8 Å². The summed E-state index contributed by atoms with van der Waals surface area (Å²) in [5, 5.41) is 2.89. The van der Waals surface area contributed by atoms with Crippen molar-refractivity contribution in [2.75, 3.05) is 0 Å². The Labute approximate surface area is 96.5 Å². The van der Waals surface area contributed by atoms with E-state index in [1.54, 1.807) is 6.20 Å². The molecule has 0 aliphatic carbocycles. The van der Waals surface area contributed by atoms with Crippen LogP contribution in [-0.4, -0.2) is 15.9 Å². The Hall–Kier alpha value is -1.45. The van der Waals surface area contributed by atoms with Gasteiger partial charge in [-0.05, 0) is 19.4 Å². The zero-order valence-corrected chi connectivity index (χ0v) is 10.4. The van der Waals surface area contributed by atoms with Gasteiger partial charge >= 0.3 is 0 Å². The summed E-state index contributed by atoms with van der Waals surface area (Å²) >= 11 is 0. The Morgan fingerprint density at radius 3 is 2.75 bits per heavy atom. The van der Waals surface area contributed by atoms with Crippen LogP contribution in [0.25, 0.3) is 0 Å². The topological polar surface area (TPSA) is 54.9 Å². The fourth-order valence-electron chi connectivity index (χ4n) is 1.17. The van der Waals surface area contributed by atoms with Gasteiger partial charge in [0.1, 0.15) is 5.82 Å². The van der Waals surface area contributed by atoms with Crippen molar-refractivity contribution in [1.29, 1.82) is 0 Å². The van der Waals surface area contributed by atoms with E-state index in [9.17, 15) is 4.79 Å². The average Bonchev–Trinajstić information content (AvgIpc) is 2.26. The lowest BCUT2D eigenvalue weighted by molar-refractivity contribution is -0.129. The van der Waals surface area contributed by atoms with Crippen LogP contribution >= 0.6 is 0 Å². The van der Waals surface area contributed by atoms with Gasteiger partial charge in [-0.25, -0.2) is 9.97 Å². The van der Waals surface area contributed by atoms with Crippen LogP contribution in [0.15, 0.2) is 12.3 Å². The number of carbonyl (C=O) groups is 1. The van der Waals surface area contributed by atoms with Gasteiger partial charge in [0.05, 0.1) is 12.2 Å². The van der Waals surface area contributed by atoms with E-state index >= 15 is 0 Å². The fraction of sp³-hybridized carbons (Fsp3) is 0.583. The van der Waals surface area contributed by atoms with Crippen LogP contribution in [0.3, 0.4) is 0 Å². The van der Waals surface area contributed by atoms with E-state index in [0.29, 0.717) is 6.54 Å². The molecule has 0 spiro atoms. The molecule has 0 bridgehead atoms. The van der Waals surface area contributed by atoms with Crippen LogP contribution in [0.5, 0.6) is 0 Å². The number of aromatic nitrogens is 2.